The van der Waals surface area contributed by atoms with Crippen molar-refractivity contribution in [3.63, 3.8) is 0 Å². The van der Waals surface area contributed by atoms with Gasteiger partial charge in [-0.25, -0.2) is 4.79 Å². The Labute approximate surface area is 85.0 Å². The molecule has 0 fully saturated rings. The molecule has 0 saturated carbocycles. The van der Waals surface area contributed by atoms with Gasteiger partial charge in [0, 0.05) is 6.42 Å². The van der Waals surface area contributed by atoms with Gasteiger partial charge < -0.3 is 5.11 Å². The van der Waals surface area contributed by atoms with E-state index in [1.807, 2.05) is 0 Å². The summed E-state index contributed by atoms with van der Waals surface area (Å²) in [6.07, 6.45) is 1.54. The van der Waals surface area contributed by atoms with Gasteiger partial charge >= 0.3 is 11.7 Å². The highest BCUT2D eigenvalue weighted by molar-refractivity contribution is 5.82. The predicted molar refractivity (Wildman–Crippen MR) is 49.7 cm³/mol. The van der Waals surface area contributed by atoms with Gasteiger partial charge in [0.25, 0.3) is 5.54 Å². The van der Waals surface area contributed by atoms with E-state index in [1.165, 1.54) is 6.08 Å². The third kappa shape index (κ3) is 1.63. The van der Waals surface area contributed by atoms with Crippen molar-refractivity contribution in [1.82, 2.24) is 0 Å². The number of aliphatic carboxylic acids is 1. The summed E-state index contributed by atoms with van der Waals surface area (Å²) in [5.41, 5.74) is -2.34. The fourth-order valence-electron chi connectivity index (χ4n) is 1.24. The molecule has 1 unspecified atom stereocenters. The molecule has 0 saturated heterocycles. The Hall–Kier alpha value is -2.05. The molecule has 1 atom stereocenters. The molecule has 1 aliphatic heterocycles. The van der Waals surface area contributed by atoms with Crippen molar-refractivity contribution in [2.24, 2.45) is 10.2 Å². The summed E-state index contributed by atoms with van der Waals surface area (Å²) >= 11 is 0. The van der Waals surface area contributed by atoms with Crippen molar-refractivity contribution >= 4 is 5.97 Å². The summed E-state index contributed by atoms with van der Waals surface area (Å²) in [6.45, 7) is 4.55. The van der Waals surface area contributed by atoms with E-state index in [0.717, 1.165) is 6.92 Å². The Morgan fingerprint density at radius 1 is 1.80 bits per heavy atom. The van der Waals surface area contributed by atoms with E-state index < -0.39 is 22.1 Å². The SMILES string of the molecule is C=CCC1=C([N+](=O)[O-])C(C)(C(=O)O)N=N1. The van der Waals surface area contributed by atoms with E-state index in [-0.39, 0.29) is 12.1 Å². The average Bonchev–Trinajstić information content (AvgIpc) is 2.45. The van der Waals surface area contributed by atoms with Crippen molar-refractivity contribution in [3.05, 3.63) is 34.2 Å². The van der Waals surface area contributed by atoms with Crippen LogP contribution in [0.2, 0.25) is 0 Å². The lowest BCUT2D eigenvalue weighted by Gasteiger charge is -2.10. The van der Waals surface area contributed by atoms with Crippen LogP contribution in [0.5, 0.6) is 0 Å². The monoisotopic (exact) mass is 211 g/mol. The summed E-state index contributed by atoms with van der Waals surface area (Å²) in [6, 6.07) is 0. The van der Waals surface area contributed by atoms with Gasteiger partial charge in [0.1, 0.15) is 5.70 Å². The molecule has 0 aromatic carbocycles. The average molecular weight is 211 g/mol. The van der Waals surface area contributed by atoms with Crippen molar-refractivity contribution < 1.29 is 14.8 Å². The number of carboxylic acid groups (broad SMARTS) is 1. The molecular weight excluding hydrogens is 202 g/mol. The molecule has 1 heterocycles. The lowest BCUT2D eigenvalue weighted by Crippen LogP contribution is -2.36. The van der Waals surface area contributed by atoms with E-state index in [1.54, 1.807) is 0 Å². The number of carboxylic acids is 1. The fourth-order valence-corrected chi connectivity index (χ4v) is 1.24. The molecule has 0 spiro atoms. The summed E-state index contributed by atoms with van der Waals surface area (Å²) in [5.74, 6) is -1.39. The summed E-state index contributed by atoms with van der Waals surface area (Å²) < 4.78 is 0. The maximum atomic E-state index is 10.9. The first kappa shape index (κ1) is 11.0. The third-order valence-corrected chi connectivity index (χ3v) is 2.04. The standard InChI is InChI=1S/C8H9N3O4/c1-3-4-5-6(11(14)15)8(2,7(12)13)10-9-5/h3H,1,4H2,2H3,(H,12,13). The molecule has 1 N–H and O–H groups in total. The third-order valence-electron chi connectivity index (χ3n) is 2.04. The number of hydrogen-bond donors (Lipinski definition) is 1. The van der Waals surface area contributed by atoms with Crippen molar-refractivity contribution in [1.29, 1.82) is 0 Å². The highest BCUT2D eigenvalue weighted by Crippen LogP contribution is 2.34. The van der Waals surface area contributed by atoms with Gasteiger partial charge in [0.05, 0.1) is 4.92 Å². The quantitative estimate of drug-likeness (QED) is 0.430. The predicted octanol–water partition coefficient (Wildman–Crippen LogP) is 1.36. The van der Waals surface area contributed by atoms with Crippen LogP contribution >= 0.6 is 0 Å². The van der Waals surface area contributed by atoms with Crippen LogP contribution in [0.3, 0.4) is 0 Å². The summed E-state index contributed by atoms with van der Waals surface area (Å²) in [7, 11) is 0. The molecule has 0 aliphatic carbocycles. The number of nitro groups is 1. The van der Waals surface area contributed by atoms with Crippen LogP contribution in [0, 0.1) is 10.1 Å². The van der Waals surface area contributed by atoms with Crippen molar-refractivity contribution in [2.45, 2.75) is 18.9 Å². The number of nitrogens with zero attached hydrogens (tertiary/aromatic N) is 3. The molecule has 7 nitrogen and oxygen atoms in total. The van der Waals surface area contributed by atoms with Crippen LogP contribution in [0.25, 0.3) is 0 Å². The van der Waals surface area contributed by atoms with Crippen LogP contribution in [0.1, 0.15) is 13.3 Å². The van der Waals surface area contributed by atoms with Gasteiger partial charge in [-0.05, 0) is 6.92 Å². The number of carbonyl (C=O) groups is 1. The highest BCUT2D eigenvalue weighted by atomic mass is 16.6. The van der Waals surface area contributed by atoms with E-state index in [0.29, 0.717) is 0 Å². The van der Waals surface area contributed by atoms with Gasteiger partial charge in [0.15, 0.2) is 0 Å². The second-order valence-corrected chi connectivity index (χ2v) is 3.12. The maximum absolute atomic E-state index is 10.9. The van der Waals surface area contributed by atoms with E-state index in [9.17, 15) is 14.9 Å². The zero-order valence-corrected chi connectivity index (χ0v) is 8.01. The Bertz CT molecular complexity index is 399. The molecule has 80 valence electrons. The fraction of sp³-hybridized carbons (Fsp3) is 0.375. The van der Waals surface area contributed by atoms with Crippen LogP contribution in [-0.2, 0) is 4.79 Å². The zero-order valence-electron chi connectivity index (χ0n) is 8.01. The van der Waals surface area contributed by atoms with E-state index in [2.05, 4.69) is 16.8 Å². The first-order chi connectivity index (χ1) is 6.93. The number of allylic oxidation sites excluding steroid dienone is 1. The van der Waals surface area contributed by atoms with Crippen LogP contribution in [0.15, 0.2) is 34.3 Å². The Kier molecular flexibility index (Phi) is 2.65. The van der Waals surface area contributed by atoms with Gasteiger partial charge in [-0.3, -0.25) is 10.1 Å². The second kappa shape index (κ2) is 3.60. The van der Waals surface area contributed by atoms with E-state index >= 15 is 0 Å². The normalized spacial score (nSPS) is 24.3. The number of rotatable bonds is 4. The largest absolute Gasteiger partial charge is 0.479 e. The van der Waals surface area contributed by atoms with Crippen molar-refractivity contribution in [3.8, 4) is 0 Å². The molecular formula is C8H9N3O4. The molecule has 0 aromatic heterocycles. The van der Waals surface area contributed by atoms with Gasteiger partial charge in [0.2, 0.25) is 0 Å². The Balaban J connectivity index is 3.27. The molecule has 0 aromatic rings. The molecule has 7 heteroatoms. The zero-order chi connectivity index (χ0) is 11.6. The second-order valence-electron chi connectivity index (χ2n) is 3.12. The first-order valence-electron chi connectivity index (χ1n) is 4.08. The Morgan fingerprint density at radius 2 is 2.40 bits per heavy atom. The molecule has 1 rings (SSSR count). The molecule has 0 radical (unpaired) electrons. The lowest BCUT2D eigenvalue weighted by molar-refractivity contribution is -0.433. The molecule has 15 heavy (non-hydrogen) atoms. The maximum Gasteiger partial charge on any atom is 0.344 e. The lowest BCUT2D eigenvalue weighted by atomic mass is 9.98. The minimum atomic E-state index is -1.89. The molecule has 0 bridgehead atoms. The van der Waals surface area contributed by atoms with Crippen molar-refractivity contribution in [2.75, 3.05) is 0 Å². The minimum Gasteiger partial charge on any atom is -0.479 e. The number of azo groups is 1. The summed E-state index contributed by atoms with van der Waals surface area (Å²) in [4.78, 5) is 20.8. The first-order valence-corrected chi connectivity index (χ1v) is 4.08. The topological polar surface area (TPSA) is 105 Å². The van der Waals surface area contributed by atoms with Gasteiger partial charge in [-0.2, -0.15) is 10.2 Å². The van der Waals surface area contributed by atoms with E-state index in [4.69, 9.17) is 5.11 Å². The van der Waals surface area contributed by atoms with Crippen LogP contribution in [-0.4, -0.2) is 21.5 Å². The van der Waals surface area contributed by atoms with Gasteiger partial charge in [-0.1, -0.05) is 6.08 Å². The van der Waals surface area contributed by atoms with Crippen LogP contribution in [0.4, 0.5) is 0 Å². The molecule has 0 amide bonds. The minimum absolute atomic E-state index is 0.0416. The highest BCUT2D eigenvalue weighted by Gasteiger charge is 2.51. The molecule has 1 aliphatic rings. The smallest absolute Gasteiger partial charge is 0.344 e. The van der Waals surface area contributed by atoms with Crippen LogP contribution < -0.4 is 0 Å². The Morgan fingerprint density at radius 3 is 2.80 bits per heavy atom. The number of hydrogen-bond acceptors (Lipinski definition) is 5. The van der Waals surface area contributed by atoms with Gasteiger partial charge in [-0.15, -0.1) is 6.58 Å². The summed E-state index contributed by atoms with van der Waals surface area (Å²) in [5, 5.41) is 26.5.